The van der Waals surface area contributed by atoms with Gasteiger partial charge in [0.05, 0.1) is 39.6 Å². The summed E-state index contributed by atoms with van der Waals surface area (Å²) in [5.74, 6) is -2.22. The molecule has 22 N–H and O–H groups in total. The average molecular weight is 867 g/mol. The Hall–Kier alpha value is -1.12. The Labute approximate surface area is 327 Å². The standard InChI is InChI=1S/2C12H22O11.C6H14O6/c13-1-4-6(16)8(18)9(19)11(21-4)23-12(3-15)10(20)7(17)5(2-14)22-12;13-1-3-5(15)6(16)9(19)12(22-3)23-10-4(2-14)21-11(20)8(18)7(10)17;7-1-3(9)5(11)6(12)4(10)2-8/h4-11,13-20H,1-3H2;3-20H,1-2H2;3-12H,1-2H2/t4-,5-,6-,7-,8+,9-,10+,11-,12+;3-,4-,5+,6+,7-,8-,9-,10-,11-,12+;3-,4-,5-,6-/m111/s1. The molecule has 4 heterocycles. The van der Waals surface area contributed by atoms with E-state index in [2.05, 4.69) is 0 Å². The summed E-state index contributed by atoms with van der Waals surface area (Å²) in [5, 5.41) is 205. The molecule has 0 aromatic carbocycles. The molecule has 0 saturated carbocycles. The van der Waals surface area contributed by atoms with E-state index in [9.17, 15) is 66.4 Å². The Morgan fingerprint density at radius 2 is 0.879 bits per heavy atom. The van der Waals surface area contributed by atoms with Crippen LogP contribution in [0.25, 0.3) is 0 Å². The van der Waals surface area contributed by atoms with E-state index in [0.717, 1.165) is 0 Å². The molecule has 0 aromatic rings. The van der Waals surface area contributed by atoms with Crippen molar-refractivity contribution in [2.24, 2.45) is 0 Å². The van der Waals surface area contributed by atoms with Crippen LogP contribution in [0.4, 0.5) is 0 Å². The fraction of sp³-hybridized carbons (Fsp3) is 1.00. The summed E-state index contributed by atoms with van der Waals surface area (Å²) in [4.78, 5) is 0. The fourth-order valence-electron chi connectivity index (χ4n) is 5.87. The first kappa shape index (κ1) is 53.0. The van der Waals surface area contributed by atoms with Crippen molar-refractivity contribution in [2.75, 3.05) is 46.2 Å². The van der Waals surface area contributed by atoms with E-state index in [1.807, 2.05) is 0 Å². The Morgan fingerprint density at radius 1 is 0.448 bits per heavy atom. The van der Waals surface area contributed by atoms with Gasteiger partial charge in [-0.05, 0) is 0 Å². The van der Waals surface area contributed by atoms with E-state index >= 15 is 0 Å². The molecule has 346 valence electrons. The molecule has 0 bridgehead atoms. The van der Waals surface area contributed by atoms with Gasteiger partial charge in [0.2, 0.25) is 5.79 Å². The van der Waals surface area contributed by atoms with Crippen molar-refractivity contribution < 1.29 is 141 Å². The fourth-order valence-corrected chi connectivity index (χ4v) is 5.87. The zero-order valence-electron chi connectivity index (χ0n) is 30.4. The third-order valence-electron chi connectivity index (χ3n) is 9.56. The summed E-state index contributed by atoms with van der Waals surface area (Å²) >= 11 is 0. The summed E-state index contributed by atoms with van der Waals surface area (Å²) in [7, 11) is 0. The minimum Gasteiger partial charge on any atom is -0.394 e. The molecule has 4 rings (SSSR count). The summed E-state index contributed by atoms with van der Waals surface area (Å²) < 4.78 is 30.7. The van der Waals surface area contributed by atoms with E-state index in [-0.39, 0.29) is 0 Å². The van der Waals surface area contributed by atoms with Gasteiger partial charge in [0.25, 0.3) is 0 Å². The first-order chi connectivity index (χ1) is 27.2. The van der Waals surface area contributed by atoms with Crippen molar-refractivity contribution in [1.82, 2.24) is 0 Å². The molecule has 0 radical (unpaired) electrons. The van der Waals surface area contributed by atoms with Gasteiger partial charge in [0.15, 0.2) is 18.9 Å². The molecule has 4 aliphatic heterocycles. The van der Waals surface area contributed by atoms with Gasteiger partial charge in [-0.15, -0.1) is 0 Å². The highest BCUT2D eigenvalue weighted by Crippen LogP contribution is 2.36. The minimum atomic E-state index is -2.22. The van der Waals surface area contributed by atoms with Gasteiger partial charge in [0, 0.05) is 0 Å². The number of hydrogen-bond donors (Lipinski definition) is 22. The molecule has 4 saturated heterocycles. The van der Waals surface area contributed by atoms with Crippen LogP contribution < -0.4 is 0 Å². The van der Waals surface area contributed by atoms with Crippen LogP contribution in [0.2, 0.25) is 0 Å². The zero-order valence-corrected chi connectivity index (χ0v) is 30.4. The molecular weight excluding hydrogens is 808 g/mol. The van der Waals surface area contributed by atoms with Crippen LogP contribution in [-0.2, 0) is 28.4 Å². The summed E-state index contributed by atoms with van der Waals surface area (Å²) in [6.07, 6.45) is -34.6. The van der Waals surface area contributed by atoms with Crippen LogP contribution in [0.15, 0.2) is 0 Å². The highest BCUT2D eigenvalue weighted by atomic mass is 16.8. The molecule has 28 nitrogen and oxygen atoms in total. The number of aliphatic hydroxyl groups excluding tert-OH is 22. The van der Waals surface area contributed by atoms with E-state index < -0.39 is 187 Å². The van der Waals surface area contributed by atoms with Gasteiger partial charge < -0.3 is 141 Å². The van der Waals surface area contributed by atoms with Crippen LogP contribution in [0.3, 0.4) is 0 Å². The minimum absolute atomic E-state index is 0.667. The molecule has 58 heavy (non-hydrogen) atoms. The molecule has 28 heteroatoms. The summed E-state index contributed by atoms with van der Waals surface area (Å²) in [5.41, 5.74) is 0. The Kier molecular flexibility index (Phi) is 21.9. The topological polar surface area (TPSA) is 500 Å². The van der Waals surface area contributed by atoms with Crippen molar-refractivity contribution in [3.63, 3.8) is 0 Å². The summed E-state index contributed by atoms with van der Waals surface area (Å²) in [6.45, 7) is -5.12. The van der Waals surface area contributed by atoms with Gasteiger partial charge >= 0.3 is 0 Å². The van der Waals surface area contributed by atoms with Crippen molar-refractivity contribution in [2.45, 2.75) is 141 Å². The maximum Gasteiger partial charge on any atom is 0.224 e. The van der Waals surface area contributed by atoms with Crippen LogP contribution in [0.1, 0.15) is 0 Å². The van der Waals surface area contributed by atoms with Crippen molar-refractivity contribution in [3.05, 3.63) is 0 Å². The molecule has 23 atom stereocenters. The van der Waals surface area contributed by atoms with Gasteiger partial charge in [0.1, 0.15) is 123 Å². The van der Waals surface area contributed by atoms with Crippen LogP contribution in [0.5, 0.6) is 0 Å². The maximum absolute atomic E-state index is 10.00. The molecule has 0 aromatic heterocycles. The average Bonchev–Trinajstić information content (AvgIpc) is 3.47. The highest BCUT2D eigenvalue weighted by Gasteiger charge is 2.58. The zero-order chi connectivity index (χ0) is 44.4. The van der Waals surface area contributed by atoms with E-state index in [0.29, 0.717) is 0 Å². The van der Waals surface area contributed by atoms with Crippen LogP contribution in [0, 0.1) is 0 Å². The first-order valence-electron chi connectivity index (χ1n) is 17.6. The molecule has 4 aliphatic rings. The molecule has 4 fully saturated rings. The smallest absolute Gasteiger partial charge is 0.224 e. The number of rotatable bonds is 14. The Bertz CT molecular complexity index is 1130. The lowest BCUT2D eigenvalue weighted by atomic mass is 9.97. The quantitative estimate of drug-likeness (QED) is 0.0771. The third-order valence-corrected chi connectivity index (χ3v) is 9.56. The van der Waals surface area contributed by atoms with Crippen molar-refractivity contribution >= 4 is 0 Å². The third kappa shape index (κ3) is 12.3. The van der Waals surface area contributed by atoms with E-state index in [4.69, 9.17) is 74.4 Å². The van der Waals surface area contributed by atoms with Crippen molar-refractivity contribution in [3.8, 4) is 0 Å². The lowest BCUT2D eigenvalue weighted by Crippen LogP contribution is -2.64. The molecule has 0 aliphatic carbocycles. The second-order valence-electron chi connectivity index (χ2n) is 13.6. The SMILES string of the molecule is OC[C@@H](O)[C@@H](O)[C@H](O)[C@H](O)CO.OC[C@H]1O[C@@H](O[C@H]2[C@H](O)[C@@H](O)[C@H](O)O[C@@H]2CO)[C@H](O)[C@@H](O)[C@H]1O.OC[C@H]1O[C@@](CO)(O[C@H]2O[C@H](CO)[C@@H](O)[C@H](O)[C@H]2O)[C@@H](O)[C@@H]1O. The van der Waals surface area contributed by atoms with Crippen molar-refractivity contribution in [1.29, 1.82) is 0 Å². The Morgan fingerprint density at radius 3 is 1.28 bits per heavy atom. The number of aliphatic hydroxyl groups is 22. The van der Waals surface area contributed by atoms with Gasteiger partial charge in [-0.2, -0.15) is 0 Å². The van der Waals surface area contributed by atoms with Crippen LogP contribution in [-0.4, -0.2) is 299 Å². The lowest BCUT2D eigenvalue weighted by Gasteiger charge is -2.45. The first-order valence-corrected chi connectivity index (χ1v) is 17.6. The van der Waals surface area contributed by atoms with Gasteiger partial charge in [-0.25, -0.2) is 0 Å². The molecule has 0 unspecified atom stereocenters. The maximum atomic E-state index is 10.00. The monoisotopic (exact) mass is 866 g/mol. The lowest BCUT2D eigenvalue weighted by molar-refractivity contribution is -0.383. The van der Waals surface area contributed by atoms with E-state index in [1.54, 1.807) is 0 Å². The van der Waals surface area contributed by atoms with E-state index in [1.165, 1.54) is 0 Å². The Balaban J connectivity index is 0.000000317. The van der Waals surface area contributed by atoms with Gasteiger partial charge in [-0.1, -0.05) is 0 Å². The molecule has 0 spiro atoms. The molecular formula is C30H58O28. The predicted octanol–water partition coefficient (Wildman–Crippen LogP) is -14.4. The summed E-state index contributed by atoms with van der Waals surface area (Å²) in [6, 6.07) is 0. The number of ether oxygens (including phenoxy) is 6. The van der Waals surface area contributed by atoms with Gasteiger partial charge in [-0.3, -0.25) is 0 Å². The normalized spacial score (nSPS) is 45.2. The predicted molar refractivity (Wildman–Crippen MR) is 175 cm³/mol. The van der Waals surface area contributed by atoms with Crippen LogP contribution >= 0.6 is 0 Å². The second-order valence-corrected chi connectivity index (χ2v) is 13.6. The molecule has 0 amide bonds. The largest absolute Gasteiger partial charge is 0.394 e. The second kappa shape index (κ2) is 23.9. The number of hydrogen-bond acceptors (Lipinski definition) is 28. The highest BCUT2D eigenvalue weighted by molar-refractivity contribution is 4.99.